The Morgan fingerprint density at radius 1 is 0.401 bits per heavy atom. The first kappa shape index (κ1) is 145. The average Bonchev–Trinajstić information content (AvgIpc) is 0.946. The number of primary sulfonamides is 1. The van der Waals surface area contributed by atoms with Gasteiger partial charge in [-0.1, -0.05) is 359 Å². The van der Waals surface area contributed by atoms with E-state index >= 15 is 0 Å². The number of thiophene rings is 1. The second kappa shape index (κ2) is 67.3. The van der Waals surface area contributed by atoms with E-state index in [4.69, 9.17) is 64.9 Å². The number of phenolic OH excluding ortho intramolecular Hbond substituents is 1. The molecular weight excluding hydrogens is 1900 g/mol. The number of pyridine rings is 3. The summed E-state index contributed by atoms with van der Waals surface area (Å²) in [6.07, 6.45) is 12.8. The topological polar surface area (TPSA) is 491 Å². The highest BCUT2D eigenvalue weighted by Gasteiger charge is 2.26. The van der Waals surface area contributed by atoms with Crippen LogP contribution in [0.2, 0.25) is 0 Å². The highest BCUT2D eigenvalue weighted by molar-refractivity contribution is 7.88. The number of aromatic carboxylic acids is 4. The van der Waals surface area contributed by atoms with Gasteiger partial charge in [-0.25, -0.2) is 37.5 Å². The number of carbonyl (C=O) groups is 8. The average molecular weight is 2080 g/mol. The van der Waals surface area contributed by atoms with E-state index in [1.807, 2.05) is 191 Å². The van der Waals surface area contributed by atoms with Crippen molar-refractivity contribution in [3.63, 3.8) is 0 Å². The summed E-state index contributed by atoms with van der Waals surface area (Å²) in [4.78, 5) is 93.5. The van der Waals surface area contributed by atoms with Crippen molar-refractivity contribution in [3.8, 4) is 23.3 Å². The zero-order valence-electron chi connectivity index (χ0n) is 95.2. The number of hydrogen-bond acceptors (Lipinski definition) is 19. The number of furan rings is 1. The first-order valence-electron chi connectivity index (χ1n) is 47.9. The smallest absolute Gasteiger partial charge is 0.488 e. The third-order valence-electron chi connectivity index (χ3n) is 19.0. The van der Waals surface area contributed by atoms with Crippen LogP contribution in [0, 0.1) is 24.2 Å². The van der Waals surface area contributed by atoms with Crippen LogP contribution in [0.15, 0.2) is 211 Å². The Bertz CT molecular complexity index is 5440. The molecule has 5 aromatic carbocycles. The minimum absolute atomic E-state index is 0.0458. The number of phenols is 2. The lowest BCUT2D eigenvalue weighted by atomic mass is 9.78. The van der Waals surface area contributed by atoms with Crippen LogP contribution in [0.25, 0.3) is 0 Å². The quantitative estimate of drug-likeness (QED) is 0.0400. The van der Waals surface area contributed by atoms with Crippen molar-refractivity contribution in [1.82, 2.24) is 15.0 Å². The normalized spacial score (nSPS) is 10.9. The lowest BCUT2D eigenvalue weighted by Gasteiger charge is -2.21. The monoisotopic (exact) mass is 2080 g/mol. The van der Waals surface area contributed by atoms with Crippen LogP contribution < -0.4 is 10.6 Å². The van der Waals surface area contributed by atoms with Crippen LogP contribution >= 0.6 is 11.3 Å². The number of aryl methyl sites for hydroxylation is 1. The van der Waals surface area contributed by atoms with E-state index < -0.39 is 70.6 Å². The van der Waals surface area contributed by atoms with Gasteiger partial charge in [-0.05, 0) is 189 Å². The molecule has 0 amide bonds. The minimum Gasteiger partial charge on any atom is -0.504 e. The Morgan fingerprint density at radius 2 is 0.741 bits per heavy atom. The molecule has 0 aliphatic heterocycles. The fourth-order valence-electron chi connectivity index (χ4n) is 10.5. The van der Waals surface area contributed by atoms with E-state index in [2.05, 4.69) is 243 Å². The first-order chi connectivity index (χ1) is 66.5. The Morgan fingerprint density at radius 3 is 0.952 bits per heavy atom. The predicted octanol–water partition coefficient (Wildman–Crippen LogP) is 26.1. The van der Waals surface area contributed by atoms with Crippen molar-refractivity contribution >= 4 is 81.7 Å². The molecule has 0 unspecified atom stereocenters. The van der Waals surface area contributed by atoms with Crippen molar-refractivity contribution in [2.75, 3.05) is 6.26 Å². The fraction of sp³-hybridized carbons (Fsp3) is 0.462. The number of rotatable bonds is 7. The van der Waals surface area contributed by atoms with Gasteiger partial charge in [-0.3, -0.25) is 29.3 Å². The first-order valence-corrected chi connectivity index (χ1v) is 50.7. The fourth-order valence-corrected chi connectivity index (χ4v) is 11.5. The molecule has 0 radical (unpaired) electrons. The van der Waals surface area contributed by atoms with Crippen LogP contribution in [-0.2, 0) is 89.8 Å². The van der Waals surface area contributed by atoms with Crippen LogP contribution in [-0.4, -0.2) is 146 Å². The molecule has 30 heteroatoms. The number of sulfonamides is 1. The largest absolute Gasteiger partial charge is 0.504 e. The molecular formula is C117H175BN4O23S2. The van der Waals surface area contributed by atoms with Gasteiger partial charge in [-0.2, -0.15) is 0 Å². The number of carboxylic acids is 8. The standard InChI is InChI=1S/C12H16O2.C11H14O4.2C11H14O2.C10H15BO2.3C9H13N.C9H12O2S.C9H14O.C8H12O2.2C2H4O2.2C2H6.CH5NO2S/c1-12(2,3)10-6-4-9(5-7-10)8-11(13)14;1-11(2,3)7-5-4-6(10(14)15)8(12)9(7)13;2*1-11(2,3)9-6-4-8(5-7-9)10(12)13;1-10(2,3)8-4-6-9(7-5-8)11(12)13;2*1-9(2,3)8-5-4-6-10-7-8;1-9(2,3)8-6-4-5-7-10-8;1-9(2,3)6-4-7(8(10)11)12-5-6;1-7-5-8(6-10-7)9(2,3)4;1-8(2,3)6-4-5-7(9)10;2*1-2(3)4;2*1-2;1-5(2,3)4/h4-7H,8H2,1-3H3,(H,13,14);4-5,12-13H,1-3H3,(H,14,15);2*4-7H,1-3H3,(H,12,13);4-7,12-13H,1-3H3;3*4-7H,1-3H3;4-5H,1-3H3,(H,10,11);5-6H,1-4H3;6H2,1-3H3,(H,9,10);2*1H3,(H,3,4);2*1-2H3;1H3,(H2,2,3,4). The van der Waals surface area contributed by atoms with Crippen LogP contribution in [0.1, 0.15) is 384 Å². The van der Waals surface area contributed by atoms with E-state index in [1.54, 1.807) is 54.9 Å². The highest BCUT2D eigenvalue weighted by atomic mass is 32.2. The summed E-state index contributed by atoms with van der Waals surface area (Å²) in [5.74, 6) is -2.65. The number of benzene rings is 5. The lowest BCUT2D eigenvalue weighted by molar-refractivity contribution is -0.136. The van der Waals surface area contributed by atoms with Gasteiger partial charge in [0, 0.05) is 73.8 Å². The van der Waals surface area contributed by atoms with Crippen molar-refractivity contribution < 1.29 is 112 Å². The van der Waals surface area contributed by atoms with Gasteiger partial charge in [0.1, 0.15) is 16.2 Å². The molecule has 816 valence electrons. The van der Waals surface area contributed by atoms with Gasteiger partial charge in [-0.15, -0.1) is 11.3 Å². The zero-order chi connectivity index (χ0) is 117. The number of nitrogens with two attached hydrogens (primary N) is 1. The van der Waals surface area contributed by atoms with Crippen molar-refractivity contribution in [1.29, 1.82) is 0 Å². The Balaban J connectivity index is -0.000000367. The molecule has 0 saturated heterocycles. The molecule has 0 fully saturated rings. The van der Waals surface area contributed by atoms with Crippen molar-refractivity contribution in [3.05, 3.63) is 295 Å². The summed E-state index contributed by atoms with van der Waals surface area (Å²) in [6, 6.07) is 49.9. The molecule has 0 atom stereocenters. The third-order valence-corrected chi connectivity index (χ3v) is 19.9. The number of aromatic nitrogens is 3. The second-order valence-corrected chi connectivity index (χ2v) is 47.1. The van der Waals surface area contributed by atoms with E-state index in [0.717, 1.165) is 53.8 Å². The molecule has 27 nitrogen and oxygen atoms in total. The molecule has 5 heterocycles. The maximum absolute atomic E-state index is 10.7. The maximum Gasteiger partial charge on any atom is 0.488 e. The molecule has 0 aliphatic carbocycles. The Hall–Kier alpha value is -12.7. The molecule has 147 heavy (non-hydrogen) atoms. The maximum atomic E-state index is 10.7. The van der Waals surface area contributed by atoms with Gasteiger partial charge < -0.3 is 65.5 Å². The Labute approximate surface area is 882 Å². The number of nitrogens with zero attached hydrogens (tertiary/aromatic N) is 3. The SMILES string of the molecule is CC.CC.CC(=O)O.CC(=O)O.CC(C)(C)CC#CC(=O)O.CC(C)(C)c1ccc(B(O)O)cc1.CC(C)(C)c1ccc(C(=O)O)c(O)c1O.CC(C)(C)c1ccc(C(=O)O)cc1.CC(C)(C)c1ccc(C(=O)O)cc1.CC(C)(C)c1ccc(CC(=O)O)cc1.CC(C)(C)c1ccccn1.CC(C)(C)c1cccnc1.CC(C)(C)c1cccnc1.CC(C)(C)c1csc(C(=O)O)c1.CS(N)(=O)=O.Cc1cc(C(C)(C)C)co1. The van der Waals surface area contributed by atoms with Crippen LogP contribution in [0.3, 0.4) is 0 Å². The molecule has 5 aromatic heterocycles. The minimum atomic E-state index is -3.17. The van der Waals surface area contributed by atoms with Gasteiger partial charge in [0.15, 0.2) is 11.5 Å². The molecule has 0 bridgehead atoms. The summed E-state index contributed by atoms with van der Waals surface area (Å²) < 4.78 is 24.0. The molecule has 10 rings (SSSR count). The van der Waals surface area contributed by atoms with Crippen LogP contribution in [0.5, 0.6) is 11.5 Å². The molecule has 0 spiro atoms. The summed E-state index contributed by atoms with van der Waals surface area (Å²) >= 11 is 1.28. The van der Waals surface area contributed by atoms with Crippen molar-refractivity contribution in [2.45, 2.75) is 344 Å². The molecule has 0 saturated carbocycles. The summed E-state index contributed by atoms with van der Waals surface area (Å²) in [7, 11) is -4.53. The molecule has 0 aliphatic rings. The Kier molecular flexibility index (Phi) is 66.4. The van der Waals surface area contributed by atoms with E-state index in [0.29, 0.717) is 33.5 Å². The van der Waals surface area contributed by atoms with Gasteiger partial charge in [0.2, 0.25) is 10.0 Å². The third kappa shape index (κ3) is 73.1. The summed E-state index contributed by atoms with van der Waals surface area (Å²) in [5.41, 5.74) is 14.2. The van der Waals surface area contributed by atoms with Crippen LogP contribution in [0.4, 0.5) is 0 Å². The second-order valence-electron chi connectivity index (χ2n) is 44.6. The number of aliphatic carboxylic acids is 4. The van der Waals surface area contributed by atoms with Gasteiger partial charge in [0.25, 0.3) is 11.9 Å². The van der Waals surface area contributed by atoms with E-state index in [9.17, 15) is 47.4 Å². The molecule has 10 aromatic rings. The zero-order valence-corrected chi connectivity index (χ0v) is 96.8. The number of carboxylic acid groups (broad SMARTS) is 8. The summed E-state index contributed by atoms with van der Waals surface area (Å²) in [6.45, 7) is 81.5. The lowest BCUT2D eigenvalue weighted by Crippen LogP contribution is -2.29. The van der Waals surface area contributed by atoms with Gasteiger partial charge >= 0.3 is 42.9 Å². The van der Waals surface area contributed by atoms with Crippen molar-refractivity contribution in [2.24, 2.45) is 10.6 Å². The van der Waals surface area contributed by atoms with E-state index in [-0.39, 0.29) is 77.3 Å². The highest BCUT2D eigenvalue weighted by Crippen LogP contribution is 2.40. The molecule has 14 N–H and O–H groups in total. The van der Waals surface area contributed by atoms with Gasteiger partial charge in [0.05, 0.1) is 30.1 Å². The predicted molar refractivity (Wildman–Crippen MR) is 600 cm³/mol. The summed E-state index contributed by atoms with van der Waals surface area (Å²) in [5, 5.41) is 109. The number of aromatic hydroxyl groups is 2. The number of hydrogen-bond donors (Lipinski definition) is 13. The van der Waals surface area contributed by atoms with E-state index in [1.165, 1.54) is 51.3 Å².